The summed E-state index contributed by atoms with van der Waals surface area (Å²) in [6, 6.07) is 5.08. The molecular weight excluding hydrogens is 212 g/mol. The average Bonchev–Trinajstić information content (AvgIpc) is 2.19. The van der Waals surface area contributed by atoms with Gasteiger partial charge in [-0.05, 0) is 24.6 Å². The Balaban J connectivity index is 0.000000921. The zero-order valence-electron chi connectivity index (χ0n) is 9.87. The van der Waals surface area contributed by atoms with Crippen molar-refractivity contribution in [3.8, 4) is 5.75 Å². The number of sulfone groups is 1. The number of hydrogen-bond acceptors (Lipinski definition) is 3. The Bertz CT molecular complexity index is 408. The summed E-state index contributed by atoms with van der Waals surface area (Å²) >= 11 is 0. The smallest absolute Gasteiger partial charge is 0.179 e. The lowest BCUT2D eigenvalue weighted by molar-refractivity contribution is 0.403. The van der Waals surface area contributed by atoms with Gasteiger partial charge in [-0.3, -0.25) is 0 Å². The van der Waals surface area contributed by atoms with Gasteiger partial charge in [-0.15, -0.1) is 0 Å². The van der Waals surface area contributed by atoms with Crippen LogP contribution in [0.4, 0.5) is 0 Å². The summed E-state index contributed by atoms with van der Waals surface area (Å²) in [4.78, 5) is 0.245. The van der Waals surface area contributed by atoms with Crippen molar-refractivity contribution in [3.05, 3.63) is 23.8 Å². The number of benzene rings is 1. The molecule has 0 N–H and O–H groups in total. The summed E-state index contributed by atoms with van der Waals surface area (Å²) in [6.45, 7) is 5.84. The van der Waals surface area contributed by atoms with E-state index in [0.717, 1.165) is 5.56 Å². The van der Waals surface area contributed by atoms with Crippen LogP contribution in [0.25, 0.3) is 0 Å². The maximum absolute atomic E-state index is 11.3. The molecule has 0 amide bonds. The maximum Gasteiger partial charge on any atom is 0.179 e. The van der Waals surface area contributed by atoms with E-state index in [9.17, 15) is 8.42 Å². The van der Waals surface area contributed by atoms with Gasteiger partial charge >= 0.3 is 0 Å². The van der Waals surface area contributed by atoms with Gasteiger partial charge in [0, 0.05) is 6.26 Å². The molecule has 0 bridgehead atoms. The van der Waals surface area contributed by atoms with Gasteiger partial charge in [-0.25, -0.2) is 8.42 Å². The predicted molar refractivity (Wildman–Crippen MR) is 62.2 cm³/mol. The Hall–Kier alpha value is -1.03. The van der Waals surface area contributed by atoms with Crippen LogP contribution < -0.4 is 4.74 Å². The summed E-state index contributed by atoms with van der Waals surface area (Å²) in [6.07, 6.45) is 1.17. The quantitative estimate of drug-likeness (QED) is 0.783. The second kappa shape index (κ2) is 5.75. The first-order chi connectivity index (χ1) is 6.95. The third-order valence-corrected chi connectivity index (χ3v) is 2.84. The molecule has 0 radical (unpaired) electrons. The first-order valence-electron chi connectivity index (χ1n) is 4.80. The minimum Gasteiger partial charge on any atom is -0.495 e. The molecule has 4 heteroatoms. The fourth-order valence-electron chi connectivity index (χ4n) is 1.07. The van der Waals surface area contributed by atoms with E-state index in [4.69, 9.17) is 4.74 Å². The van der Waals surface area contributed by atoms with Crippen LogP contribution in [0.5, 0.6) is 5.75 Å². The topological polar surface area (TPSA) is 43.4 Å². The number of ether oxygens (including phenoxy) is 1. The molecule has 0 aliphatic carbocycles. The Morgan fingerprint density at radius 3 is 2.13 bits per heavy atom. The van der Waals surface area contributed by atoms with Gasteiger partial charge in [0.1, 0.15) is 10.6 Å². The molecule has 0 atom stereocenters. The Labute approximate surface area is 92.0 Å². The van der Waals surface area contributed by atoms with Crippen molar-refractivity contribution in [3.63, 3.8) is 0 Å². The molecule has 0 aliphatic rings. The Morgan fingerprint density at radius 2 is 1.73 bits per heavy atom. The summed E-state index contributed by atoms with van der Waals surface area (Å²) in [5, 5.41) is 0. The monoisotopic (exact) mass is 230 g/mol. The third kappa shape index (κ3) is 3.91. The number of methoxy groups -OCH3 is 1. The van der Waals surface area contributed by atoms with E-state index >= 15 is 0 Å². The van der Waals surface area contributed by atoms with Crippen molar-refractivity contribution >= 4 is 9.84 Å². The fourth-order valence-corrected chi connectivity index (χ4v) is 1.99. The first kappa shape index (κ1) is 14.0. The van der Waals surface area contributed by atoms with E-state index in [2.05, 4.69) is 0 Å². The summed E-state index contributed by atoms with van der Waals surface area (Å²) < 4.78 is 27.5. The van der Waals surface area contributed by atoms with Crippen LogP contribution in [0, 0.1) is 6.92 Å². The minimum atomic E-state index is -3.19. The highest BCUT2D eigenvalue weighted by Crippen LogP contribution is 2.24. The van der Waals surface area contributed by atoms with E-state index < -0.39 is 9.84 Å². The zero-order valence-corrected chi connectivity index (χ0v) is 10.7. The molecule has 0 unspecified atom stereocenters. The van der Waals surface area contributed by atoms with E-state index in [1.54, 1.807) is 12.1 Å². The summed E-state index contributed by atoms with van der Waals surface area (Å²) in [5.74, 6) is 0.396. The molecule has 1 aromatic carbocycles. The molecular formula is C11H18O3S. The van der Waals surface area contributed by atoms with E-state index in [0.29, 0.717) is 5.75 Å². The number of rotatable bonds is 2. The third-order valence-electron chi connectivity index (χ3n) is 1.72. The van der Waals surface area contributed by atoms with Crippen molar-refractivity contribution in [2.24, 2.45) is 0 Å². The standard InChI is InChI=1S/C9H12O3S.C2H6/c1-7-4-5-8(12-2)9(6-7)13(3,10)11;1-2/h4-6H,1-3H3;1-2H3. The Morgan fingerprint density at radius 1 is 1.20 bits per heavy atom. The molecule has 0 aliphatic heterocycles. The van der Waals surface area contributed by atoms with Crippen molar-refractivity contribution in [1.29, 1.82) is 0 Å². The highest BCUT2D eigenvalue weighted by atomic mass is 32.2. The Kier molecular flexibility index (Phi) is 5.36. The second-order valence-corrected chi connectivity index (χ2v) is 4.91. The van der Waals surface area contributed by atoms with Crippen LogP contribution in [-0.2, 0) is 9.84 Å². The highest BCUT2D eigenvalue weighted by Gasteiger charge is 2.13. The molecule has 0 saturated heterocycles. The van der Waals surface area contributed by atoms with Crippen molar-refractivity contribution in [2.45, 2.75) is 25.7 Å². The summed E-state index contributed by atoms with van der Waals surface area (Å²) in [7, 11) is -1.74. The molecule has 3 nitrogen and oxygen atoms in total. The van der Waals surface area contributed by atoms with Gasteiger partial charge in [0.25, 0.3) is 0 Å². The lowest BCUT2D eigenvalue weighted by Gasteiger charge is -2.06. The van der Waals surface area contributed by atoms with Gasteiger partial charge in [0.05, 0.1) is 7.11 Å². The van der Waals surface area contributed by atoms with Crippen LogP contribution in [0.1, 0.15) is 19.4 Å². The zero-order chi connectivity index (χ0) is 12.1. The van der Waals surface area contributed by atoms with Crippen molar-refractivity contribution < 1.29 is 13.2 Å². The van der Waals surface area contributed by atoms with Crippen LogP contribution >= 0.6 is 0 Å². The van der Waals surface area contributed by atoms with Crippen molar-refractivity contribution in [2.75, 3.05) is 13.4 Å². The highest BCUT2D eigenvalue weighted by molar-refractivity contribution is 7.90. The normalized spacial score (nSPS) is 10.2. The lowest BCUT2D eigenvalue weighted by atomic mass is 10.2. The second-order valence-electron chi connectivity index (χ2n) is 2.93. The van der Waals surface area contributed by atoms with Gasteiger partial charge in [-0.1, -0.05) is 19.9 Å². The van der Waals surface area contributed by atoms with Gasteiger partial charge in [0.15, 0.2) is 9.84 Å². The molecule has 0 fully saturated rings. The van der Waals surface area contributed by atoms with E-state index in [1.165, 1.54) is 13.4 Å². The first-order valence-corrected chi connectivity index (χ1v) is 6.69. The molecule has 0 saturated carbocycles. The van der Waals surface area contributed by atoms with Crippen LogP contribution in [0.2, 0.25) is 0 Å². The molecule has 0 spiro atoms. The van der Waals surface area contributed by atoms with Crippen molar-refractivity contribution in [1.82, 2.24) is 0 Å². The fraction of sp³-hybridized carbons (Fsp3) is 0.455. The number of hydrogen-bond donors (Lipinski definition) is 0. The van der Waals surface area contributed by atoms with Crippen LogP contribution in [0.3, 0.4) is 0 Å². The van der Waals surface area contributed by atoms with Crippen LogP contribution in [-0.4, -0.2) is 21.8 Å². The molecule has 1 rings (SSSR count). The largest absolute Gasteiger partial charge is 0.495 e. The maximum atomic E-state index is 11.3. The van der Waals surface area contributed by atoms with Gasteiger partial charge in [-0.2, -0.15) is 0 Å². The molecule has 0 aromatic heterocycles. The molecule has 0 heterocycles. The molecule has 86 valence electrons. The summed E-state index contributed by atoms with van der Waals surface area (Å²) in [5.41, 5.74) is 0.904. The minimum absolute atomic E-state index is 0.245. The van der Waals surface area contributed by atoms with Crippen LogP contribution in [0.15, 0.2) is 23.1 Å². The number of aryl methyl sites for hydroxylation is 1. The lowest BCUT2D eigenvalue weighted by Crippen LogP contribution is -2.00. The molecule has 15 heavy (non-hydrogen) atoms. The predicted octanol–water partition coefficient (Wildman–Crippen LogP) is 2.43. The van der Waals surface area contributed by atoms with E-state index in [1.807, 2.05) is 26.8 Å². The van der Waals surface area contributed by atoms with Gasteiger partial charge < -0.3 is 4.74 Å². The van der Waals surface area contributed by atoms with Gasteiger partial charge in [0.2, 0.25) is 0 Å². The molecule has 1 aromatic rings. The van der Waals surface area contributed by atoms with E-state index in [-0.39, 0.29) is 4.90 Å². The SMILES string of the molecule is CC.COc1ccc(C)cc1S(C)(=O)=O. The average molecular weight is 230 g/mol.